The molecule has 2 aromatic heterocycles. The Morgan fingerprint density at radius 2 is 1.77 bits per heavy atom. The summed E-state index contributed by atoms with van der Waals surface area (Å²) in [6, 6.07) is 3.24. The maximum atomic E-state index is 12.9. The fourth-order valence-corrected chi connectivity index (χ4v) is 3.78. The summed E-state index contributed by atoms with van der Waals surface area (Å²) >= 11 is 12.0. The van der Waals surface area contributed by atoms with Crippen molar-refractivity contribution < 1.29 is 24.5 Å². The van der Waals surface area contributed by atoms with Gasteiger partial charge < -0.3 is 19.8 Å². The summed E-state index contributed by atoms with van der Waals surface area (Å²) in [6.45, 7) is -0.304. The number of rotatable bonds is 7. The fraction of sp³-hybridized carbons (Fsp3) is 0.421. The van der Waals surface area contributed by atoms with Crippen molar-refractivity contribution >= 4 is 40.8 Å². The average Bonchev–Trinajstić information content (AvgIpc) is 2.73. The Labute approximate surface area is 182 Å². The van der Waals surface area contributed by atoms with Gasteiger partial charge in [-0.25, -0.2) is 15.0 Å². The van der Waals surface area contributed by atoms with E-state index in [1.165, 1.54) is 11.1 Å². The van der Waals surface area contributed by atoms with Crippen LogP contribution in [-0.2, 0) is 4.79 Å². The van der Waals surface area contributed by atoms with E-state index in [-0.39, 0.29) is 41.0 Å². The minimum Gasteiger partial charge on any atom is -0.481 e. The van der Waals surface area contributed by atoms with Gasteiger partial charge in [0.1, 0.15) is 28.3 Å². The van der Waals surface area contributed by atoms with Gasteiger partial charge in [0.2, 0.25) is 5.88 Å². The summed E-state index contributed by atoms with van der Waals surface area (Å²) in [4.78, 5) is 37.0. The first-order valence-corrected chi connectivity index (χ1v) is 10.1. The standard InChI is InChI=1S/C19H20Cl2N4O5/c20-16-15(17(21)24-10-23-16)18(27)25(7-8-26)12-3-6-14(22-9-12)30-13-4-1-11(2-5-13)19(28)29/h3,6,9-11,13,26H,1-2,4-5,7-8H2,(H,28,29)/t11-,13-. The molecular formula is C19H20Cl2N4O5. The molecule has 1 aliphatic carbocycles. The van der Waals surface area contributed by atoms with Gasteiger partial charge in [0.25, 0.3) is 5.91 Å². The molecular weight excluding hydrogens is 435 g/mol. The van der Waals surface area contributed by atoms with Crippen LogP contribution in [0.25, 0.3) is 0 Å². The van der Waals surface area contributed by atoms with Crippen LogP contribution in [0.4, 0.5) is 5.69 Å². The second kappa shape index (κ2) is 10.0. The molecule has 0 saturated heterocycles. The Bertz CT molecular complexity index is 884. The number of aromatic nitrogens is 3. The molecule has 30 heavy (non-hydrogen) atoms. The molecule has 3 rings (SSSR count). The van der Waals surface area contributed by atoms with Gasteiger partial charge in [-0.05, 0) is 31.7 Å². The maximum absolute atomic E-state index is 12.9. The van der Waals surface area contributed by atoms with Crippen molar-refractivity contribution in [3.63, 3.8) is 0 Å². The summed E-state index contributed by atoms with van der Waals surface area (Å²) in [5, 5.41) is 18.3. The molecule has 0 bridgehead atoms. The fourth-order valence-electron chi connectivity index (χ4n) is 3.30. The van der Waals surface area contributed by atoms with E-state index < -0.39 is 11.9 Å². The van der Waals surface area contributed by atoms with Crippen LogP contribution in [0, 0.1) is 5.92 Å². The Kier molecular flexibility index (Phi) is 7.41. The van der Waals surface area contributed by atoms with E-state index in [1.54, 1.807) is 12.1 Å². The SMILES string of the molecule is O=C(c1c(Cl)ncnc1Cl)N(CCO)c1ccc(O[C@H]2CC[C@H](C(=O)O)CC2)nc1. The molecule has 1 fully saturated rings. The van der Waals surface area contributed by atoms with Gasteiger partial charge in [-0.15, -0.1) is 0 Å². The second-order valence-electron chi connectivity index (χ2n) is 6.80. The number of anilines is 1. The quantitative estimate of drug-likeness (QED) is 0.611. The maximum Gasteiger partial charge on any atom is 0.306 e. The Morgan fingerprint density at radius 3 is 2.30 bits per heavy atom. The second-order valence-corrected chi connectivity index (χ2v) is 7.51. The molecule has 2 N–H and O–H groups in total. The number of nitrogens with zero attached hydrogens (tertiary/aromatic N) is 4. The molecule has 11 heteroatoms. The number of halogens is 2. The van der Waals surface area contributed by atoms with Crippen LogP contribution in [0.2, 0.25) is 10.3 Å². The van der Waals surface area contributed by atoms with Gasteiger partial charge in [0.05, 0.1) is 24.4 Å². The molecule has 2 heterocycles. The molecule has 1 amide bonds. The highest BCUT2D eigenvalue weighted by Crippen LogP contribution is 2.29. The highest BCUT2D eigenvalue weighted by Gasteiger charge is 2.28. The number of carbonyl (C=O) groups excluding carboxylic acids is 1. The lowest BCUT2D eigenvalue weighted by Crippen LogP contribution is -2.34. The molecule has 0 radical (unpaired) electrons. The van der Waals surface area contributed by atoms with E-state index in [0.717, 1.165) is 6.33 Å². The first-order chi connectivity index (χ1) is 14.4. The number of aliphatic carboxylic acids is 1. The largest absolute Gasteiger partial charge is 0.481 e. The molecule has 1 aliphatic rings. The lowest BCUT2D eigenvalue weighted by Gasteiger charge is -2.26. The molecule has 0 aliphatic heterocycles. The number of pyridine rings is 1. The number of carboxylic acid groups (broad SMARTS) is 1. The summed E-state index contributed by atoms with van der Waals surface area (Å²) in [5.41, 5.74) is 0.344. The van der Waals surface area contributed by atoms with Crippen LogP contribution >= 0.6 is 23.2 Å². The van der Waals surface area contributed by atoms with Crippen LogP contribution in [0.15, 0.2) is 24.7 Å². The van der Waals surface area contributed by atoms with Gasteiger partial charge in [0.15, 0.2) is 0 Å². The first kappa shape index (κ1) is 22.2. The number of aliphatic hydroxyl groups is 1. The lowest BCUT2D eigenvalue weighted by atomic mass is 9.87. The summed E-state index contributed by atoms with van der Waals surface area (Å²) < 4.78 is 5.84. The zero-order valence-corrected chi connectivity index (χ0v) is 17.4. The number of hydrogen-bond acceptors (Lipinski definition) is 7. The molecule has 0 unspecified atom stereocenters. The molecule has 0 aromatic carbocycles. The number of aliphatic hydroxyl groups excluding tert-OH is 1. The smallest absolute Gasteiger partial charge is 0.306 e. The third-order valence-corrected chi connectivity index (χ3v) is 5.45. The van der Waals surface area contributed by atoms with Crippen molar-refractivity contribution in [2.45, 2.75) is 31.8 Å². The first-order valence-electron chi connectivity index (χ1n) is 9.35. The number of amides is 1. The molecule has 0 atom stereocenters. The highest BCUT2D eigenvalue weighted by atomic mass is 35.5. The van der Waals surface area contributed by atoms with Crippen molar-refractivity contribution in [1.82, 2.24) is 15.0 Å². The van der Waals surface area contributed by atoms with Crippen LogP contribution in [0.1, 0.15) is 36.0 Å². The minimum absolute atomic E-state index is 0.0124. The van der Waals surface area contributed by atoms with Gasteiger partial charge in [-0.3, -0.25) is 9.59 Å². The zero-order chi connectivity index (χ0) is 21.7. The van der Waals surface area contributed by atoms with Crippen LogP contribution in [0.3, 0.4) is 0 Å². The molecule has 0 spiro atoms. The van der Waals surface area contributed by atoms with Crippen molar-refractivity contribution in [1.29, 1.82) is 0 Å². The van der Waals surface area contributed by atoms with E-state index in [9.17, 15) is 14.7 Å². The van der Waals surface area contributed by atoms with Crippen LogP contribution in [0.5, 0.6) is 5.88 Å². The monoisotopic (exact) mass is 454 g/mol. The third-order valence-electron chi connectivity index (χ3n) is 4.88. The lowest BCUT2D eigenvalue weighted by molar-refractivity contribution is -0.143. The molecule has 1 saturated carbocycles. The van der Waals surface area contributed by atoms with Gasteiger partial charge >= 0.3 is 5.97 Å². The number of ether oxygens (including phenoxy) is 1. The Balaban J connectivity index is 1.71. The van der Waals surface area contributed by atoms with Crippen molar-refractivity contribution in [2.24, 2.45) is 5.92 Å². The molecule has 9 nitrogen and oxygen atoms in total. The Morgan fingerprint density at radius 1 is 1.10 bits per heavy atom. The van der Waals surface area contributed by atoms with E-state index in [1.807, 2.05) is 0 Å². The summed E-state index contributed by atoms with van der Waals surface area (Å²) in [7, 11) is 0. The predicted molar refractivity (Wildman–Crippen MR) is 109 cm³/mol. The van der Waals surface area contributed by atoms with Gasteiger partial charge in [0, 0.05) is 12.6 Å². The topological polar surface area (TPSA) is 126 Å². The van der Waals surface area contributed by atoms with E-state index in [2.05, 4.69) is 15.0 Å². The molecule has 2 aromatic rings. The summed E-state index contributed by atoms with van der Waals surface area (Å²) in [5.74, 6) is -1.29. The van der Waals surface area contributed by atoms with Crippen molar-refractivity contribution in [2.75, 3.05) is 18.1 Å². The van der Waals surface area contributed by atoms with Crippen LogP contribution in [-0.4, -0.2) is 56.3 Å². The van der Waals surface area contributed by atoms with E-state index in [0.29, 0.717) is 37.3 Å². The highest BCUT2D eigenvalue weighted by molar-refractivity contribution is 6.39. The van der Waals surface area contributed by atoms with Crippen molar-refractivity contribution in [3.8, 4) is 5.88 Å². The normalized spacial score (nSPS) is 18.6. The predicted octanol–water partition coefficient (Wildman–Crippen LogP) is 2.84. The number of hydrogen-bond donors (Lipinski definition) is 2. The number of carbonyl (C=O) groups is 2. The molecule has 160 valence electrons. The zero-order valence-electron chi connectivity index (χ0n) is 15.9. The van der Waals surface area contributed by atoms with Gasteiger partial charge in [-0.1, -0.05) is 23.2 Å². The van der Waals surface area contributed by atoms with Crippen LogP contribution < -0.4 is 9.64 Å². The minimum atomic E-state index is -0.770. The number of carboxylic acids is 1. The average molecular weight is 455 g/mol. The van der Waals surface area contributed by atoms with E-state index in [4.69, 9.17) is 33.0 Å². The van der Waals surface area contributed by atoms with Crippen molar-refractivity contribution in [3.05, 3.63) is 40.5 Å². The third kappa shape index (κ3) is 5.16. The summed E-state index contributed by atoms with van der Waals surface area (Å²) in [6.07, 6.45) is 4.90. The van der Waals surface area contributed by atoms with E-state index >= 15 is 0 Å². The van der Waals surface area contributed by atoms with Gasteiger partial charge in [-0.2, -0.15) is 0 Å². The Hall–Kier alpha value is -2.49.